The van der Waals surface area contributed by atoms with Crippen molar-refractivity contribution < 1.29 is 32.3 Å². The minimum absolute atomic E-state index is 0.0189. The number of carbonyl (C=O) groups is 3. The average Bonchev–Trinajstić information content (AvgIpc) is 3.46. The molecule has 0 spiro atoms. The summed E-state index contributed by atoms with van der Waals surface area (Å²) in [6.07, 6.45) is -2.36. The maximum absolute atomic E-state index is 13.3. The van der Waals surface area contributed by atoms with Crippen molar-refractivity contribution in [3.8, 4) is 5.75 Å². The lowest BCUT2D eigenvalue weighted by Crippen LogP contribution is -2.26. The number of carbonyl (C=O) groups excluding carboxylic acids is 3. The molecule has 2 aromatic rings. The number of benzene rings is 2. The van der Waals surface area contributed by atoms with Crippen molar-refractivity contribution >= 4 is 17.5 Å². The Labute approximate surface area is 176 Å². The van der Waals surface area contributed by atoms with Crippen molar-refractivity contribution in [3.63, 3.8) is 0 Å². The van der Waals surface area contributed by atoms with E-state index in [0.717, 1.165) is 31.9 Å². The number of amides is 1. The van der Waals surface area contributed by atoms with Crippen molar-refractivity contribution in [1.82, 2.24) is 4.90 Å². The fourth-order valence-corrected chi connectivity index (χ4v) is 3.54. The van der Waals surface area contributed by atoms with Crippen molar-refractivity contribution in [2.24, 2.45) is 5.92 Å². The van der Waals surface area contributed by atoms with Crippen LogP contribution in [-0.2, 0) is 24.1 Å². The van der Waals surface area contributed by atoms with Gasteiger partial charge in [0.25, 0.3) is 5.91 Å². The fraction of sp³-hybridized carbons (Fsp3) is 0.348. The van der Waals surface area contributed by atoms with E-state index in [-0.39, 0.29) is 24.2 Å². The van der Waals surface area contributed by atoms with E-state index >= 15 is 0 Å². The first-order valence-electron chi connectivity index (χ1n) is 9.94. The molecule has 1 fully saturated rings. The Morgan fingerprint density at radius 1 is 1.03 bits per heavy atom. The second-order valence-electron chi connectivity index (χ2n) is 7.99. The largest absolute Gasteiger partial charge is 0.492 e. The van der Waals surface area contributed by atoms with Crippen molar-refractivity contribution in [1.29, 1.82) is 0 Å². The summed E-state index contributed by atoms with van der Waals surface area (Å²) in [6, 6.07) is 7.71. The number of nitrogens with zero attached hydrogens (tertiary/aromatic N) is 1. The van der Waals surface area contributed by atoms with Gasteiger partial charge in [0.2, 0.25) is 5.78 Å². The molecular formula is C23H20F3NO4. The molecule has 1 amide bonds. The Balaban J connectivity index is 1.62. The van der Waals surface area contributed by atoms with Gasteiger partial charge in [-0.2, -0.15) is 13.2 Å². The monoisotopic (exact) mass is 431 g/mol. The topological polar surface area (TPSA) is 63.7 Å². The third-order valence-corrected chi connectivity index (χ3v) is 5.51. The van der Waals surface area contributed by atoms with E-state index in [9.17, 15) is 27.6 Å². The molecule has 2 aliphatic rings. The lowest BCUT2D eigenvalue weighted by atomic mass is 10.0. The summed E-state index contributed by atoms with van der Waals surface area (Å²) in [7, 11) is 0. The summed E-state index contributed by atoms with van der Waals surface area (Å²) in [5, 5.41) is 0. The number of Topliss-reactive ketones (excluding diaryl/α,β-unsaturated/α-hetero) is 2. The smallest absolute Gasteiger partial charge is 0.416 e. The van der Waals surface area contributed by atoms with Gasteiger partial charge in [-0.1, -0.05) is 6.07 Å². The molecule has 2 aromatic carbocycles. The van der Waals surface area contributed by atoms with Gasteiger partial charge in [-0.3, -0.25) is 14.4 Å². The molecule has 0 bridgehead atoms. The Morgan fingerprint density at radius 3 is 2.39 bits per heavy atom. The van der Waals surface area contributed by atoms with Crippen LogP contribution in [0.3, 0.4) is 0 Å². The highest BCUT2D eigenvalue weighted by Gasteiger charge is 2.34. The molecule has 1 aliphatic carbocycles. The first kappa shape index (κ1) is 21.1. The number of rotatable bonds is 6. The van der Waals surface area contributed by atoms with E-state index in [1.807, 2.05) is 0 Å². The van der Waals surface area contributed by atoms with Gasteiger partial charge in [-0.15, -0.1) is 0 Å². The Hall–Kier alpha value is -3.16. The van der Waals surface area contributed by atoms with Crippen LogP contribution in [0.4, 0.5) is 13.2 Å². The molecule has 31 heavy (non-hydrogen) atoms. The highest BCUT2D eigenvalue weighted by atomic mass is 19.4. The molecule has 1 aliphatic heterocycles. The summed E-state index contributed by atoms with van der Waals surface area (Å²) in [6.45, 7) is 1.76. The second kappa shape index (κ2) is 7.83. The highest BCUT2D eigenvalue weighted by Crippen LogP contribution is 2.35. The summed E-state index contributed by atoms with van der Waals surface area (Å²) >= 11 is 0. The lowest BCUT2D eigenvalue weighted by Gasteiger charge is -2.19. The predicted molar refractivity (Wildman–Crippen MR) is 105 cm³/mol. The molecule has 162 valence electrons. The average molecular weight is 431 g/mol. The molecule has 0 aromatic heterocycles. The molecule has 0 N–H and O–H groups in total. The number of ether oxygens (including phenoxy) is 1. The lowest BCUT2D eigenvalue weighted by molar-refractivity contribution is -0.137. The van der Waals surface area contributed by atoms with Gasteiger partial charge in [0.05, 0.1) is 17.7 Å². The van der Waals surface area contributed by atoms with Gasteiger partial charge in [-0.25, -0.2) is 0 Å². The van der Waals surface area contributed by atoms with Crippen molar-refractivity contribution in [2.45, 2.75) is 39.0 Å². The third kappa shape index (κ3) is 4.47. The minimum Gasteiger partial charge on any atom is -0.492 e. The van der Waals surface area contributed by atoms with Crippen LogP contribution in [0.1, 0.15) is 57.2 Å². The van der Waals surface area contributed by atoms with E-state index in [2.05, 4.69) is 0 Å². The fourth-order valence-electron chi connectivity index (χ4n) is 3.54. The number of ketones is 2. The second-order valence-corrected chi connectivity index (χ2v) is 7.99. The molecule has 1 heterocycles. The standard InChI is InChI=1S/C23H20F3NO4/c1-13(28)21(29)15-5-7-20(31-12-14-2-3-14)19(9-15)22(30)27-10-16-4-6-18(23(24,25)26)8-17(16)11-27/h4-9,14H,2-3,10-12H2,1H3. The summed E-state index contributed by atoms with van der Waals surface area (Å²) in [4.78, 5) is 38.3. The van der Waals surface area contributed by atoms with E-state index in [1.54, 1.807) is 0 Å². The van der Waals surface area contributed by atoms with Gasteiger partial charge in [-0.05, 0) is 60.2 Å². The van der Waals surface area contributed by atoms with Crippen molar-refractivity contribution in [3.05, 3.63) is 64.2 Å². The molecule has 1 saturated carbocycles. The summed E-state index contributed by atoms with van der Waals surface area (Å²) in [5.74, 6) is -1.11. The zero-order valence-corrected chi connectivity index (χ0v) is 16.8. The van der Waals surface area contributed by atoms with E-state index in [1.165, 1.54) is 29.2 Å². The Morgan fingerprint density at radius 2 is 1.74 bits per heavy atom. The first-order valence-corrected chi connectivity index (χ1v) is 9.94. The minimum atomic E-state index is -4.46. The van der Waals surface area contributed by atoms with Crippen LogP contribution < -0.4 is 4.74 Å². The maximum Gasteiger partial charge on any atom is 0.416 e. The molecule has 0 unspecified atom stereocenters. The van der Waals surface area contributed by atoms with E-state index in [4.69, 9.17) is 4.74 Å². The first-order chi connectivity index (χ1) is 14.6. The maximum atomic E-state index is 13.3. The van der Waals surface area contributed by atoms with E-state index < -0.39 is 29.2 Å². The molecule has 8 heteroatoms. The van der Waals surface area contributed by atoms with Crippen molar-refractivity contribution in [2.75, 3.05) is 6.61 Å². The number of hydrogen-bond acceptors (Lipinski definition) is 4. The summed E-state index contributed by atoms with van der Waals surface area (Å²) in [5.41, 5.74) is 0.503. The molecule has 5 nitrogen and oxygen atoms in total. The SMILES string of the molecule is CC(=O)C(=O)c1ccc(OCC2CC2)c(C(=O)N2Cc3ccc(C(F)(F)F)cc3C2)c1. The zero-order chi connectivity index (χ0) is 22.3. The molecule has 0 radical (unpaired) electrons. The quantitative estimate of drug-likeness (QED) is 0.502. The van der Waals surface area contributed by atoms with Crippen LogP contribution in [0.2, 0.25) is 0 Å². The van der Waals surface area contributed by atoms with Crippen LogP contribution in [0.5, 0.6) is 5.75 Å². The third-order valence-electron chi connectivity index (χ3n) is 5.51. The Kier molecular flexibility index (Phi) is 5.33. The van der Waals surface area contributed by atoms with Gasteiger partial charge in [0, 0.05) is 25.6 Å². The number of halogens is 3. The van der Waals surface area contributed by atoms with Crippen LogP contribution in [-0.4, -0.2) is 29.0 Å². The van der Waals surface area contributed by atoms with Crippen LogP contribution >= 0.6 is 0 Å². The van der Waals surface area contributed by atoms with Gasteiger partial charge >= 0.3 is 6.18 Å². The Bertz CT molecular complexity index is 1070. The van der Waals surface area contributed by atoms with Gasteiger partial charge < -0.3 is 9.64 Å². The highest BCUT2D eigenvalue weighted by molar-refractivity contribution is 6.43. The van der Waals surface area contributed by atoms with Gasteiger partial charge in [0.1, 0.15) is 5.75 Å². The molecular weight excluding hydrogens is 411 g/mol. The molecule has 0 atom stereocenters. The van der Waals surface area contributed by atoms with E-state index in [0.29, 0.717) is 29.4 Å². The normalized spacial score (nSPS) is 15.5. The van der Waals surface area contributed by atoms with Crippen LogP contribution in [0.25, 0.3) is 0 Å². The van der Waals surface area contributed by atoms with Gasteiger partial charge in [0.15, 0.2) is 5.78 Å². The van der Waals surface area contributed by atoms with Crippen LogP contribution in [0, 0.1) is 5.92 Å². The van der Waals surface area contributed by atoms with Crippen LogP contribution in [0.15, 0.2) is 36.4 Å². The number of fused-ring (bicyclic) bond motifs is 1. The molecule has 4 rings (SSSR count). The zero-order valence-electron chi connectivity index (χ0n) is 16.8. The number of hydrogen-bond donors (Lipinski definition) is 0. The number of alkyl halides is 3. The summed E-state index contributed by atoms with van der Waals surface area (Å²) < 4.78 is 44.8. The predicted octanol–water partition coefficient (Wildman–Crippen LogP) is 4.42. The molecule has 0 saturated heterocycles.